The Morgan fingerprint density at radius 2 is 1.90 bits per heavy atom. The molecule has 1 amide bonds. The maximum absolute atomic E-state index is 12.8. The monoisotopic (exact) mass is 395 g/mol. The highest BCUT2D eigenvalue weighted by atomic mass is 16.5. The van der Waals surface area contributed by atoms with Gasteiger partial charge in [0.2, 0.25) is 0 Å². The van der Waals surface area contributed by atoms with Gasteiger partial charge in [0.15, 0.2) is 23.9 Å². The number of fused-ring (bicyclic) bond motifs is 1. The summed E-state index contributed by atoms with van der Waals surface area (Å²) in [6.45, 7) is 3.45. The highest BCUT2D eigenvalue weighted by molar-refractivity contribution is 5.94. The number of nitrogens with zero attached hydrogens (tertiary/aromatic N) is 1. The molecule has 1 atom stereocenters. The first-order valence-corrected chi connectivity index (χ1v) is 10.0. The molecule has 0 aromatic heterocycles. The first-order valence-electron chi connectivity index (χ1n) is 10.0. The minimum Gasteiger partial charge on any atom is -0.490 e. The van der Waals surface area contributed by atoms with E-state index in [9.17, 15) is 9.59 Å². The number of hydrogen-bond acceptors (Lipinski definition) is 5. The Labute approximate surface area is 170 Å². The minimum atomic E-state index is -0.0622. The number of ether oxygens (including phenoxy) is 3. The number of carbonyl (C=O) groups is 2. The fraction of sp³-hybridized carbons (Fsp3) is 0.391. The van der Waals surface area contributed by atoms with E-state index in [4.69, 9.17) is 14.2 Å². The van der Waals surface area contributed by atoms with Crippen LogP contribution < -0.4 is 14.2 Å². The molecule has 2 aromatic rings. The van der Waals surface area contributed by atoms with Crippen LogP contribution in [-0.2, 0) is 4.79 Å². The molecule has 0 spiro atoms. The van der Waals surface area contributed by atoms with Gasteiger partial charge in [-0.2, -0.15) is 0 Å². The van der Waals surface area contributed by atoms with E-state index >= 15 is 0 Å². The molecule has 6 heteroatoms. The topological polar surface area (TPSA) is 65.1 Å². The minimum absolute atomic E-state index is 0.00630. The summed E-state index contributed by atoms with van der Waals surface area (Å²) >= 11 is 0. The van der Waals surface area contributed by atoms with Crippen LogP contribution >= 0.6 is 0 Å². The summed E-state index contributed by atoms with van der Waals surface area (Å²) in [5.41, 5.74) is 1.62. The van der Waals surface area contributed by atoms with E-state index in [0.29, 0.717) is 31.1 Å². The van der Waals surface area contributed by atoms with E-state index in [1.54, 1.807) is 24.3 Å². The van der Waals surface area contributed by atoms with E-state index in [2.05, 4.69) is 0 Å². The number of amides is 1. The van der Waals surface area contributed by atoms with Crippen molar-refractivity contribution >= 4 is 11.7 Å². The van der Waals surface area contributed by atoms with Gasteiger partial charge in [0.25, 0.3) is 5.91 Å². The second kappa shape index (κ2) is 8.55. The molecule has 0 N–H and O–H groups in total. The van der Waals surface area contributed by atoms with Crippen molar-refractivity contribution in [2.45, 2.75) is 32.2 Å². The molecule has 2 aliphatic heterocycles. The normalized spacial score (nSPS) is 18.2. The Hall–Kier alpha value is -3.02. The Bertz CT molecular complexity index is 910. The Balaban J connectivity index is 1.44. The number of rotatable bonds is 5. The van der Waals surface area contributed by atoms with E-state index in [1.165, 1.54) is 6.92 Å². The van der Waals surface area contributed by atoms with Gasteiger partial charge in [0.1, 0.15) is 5.75 Å². The fourth-order valence-electron chi connectivity index (χ4n) is 3.83. The van der Waals surface area contributed by atoms with Crippen LogP contribution in [-0.4, -0.2) is 43.0 Å². The quantitative estimate of drug-likeness (QED) is 0.721. The van der Waals surface area contributed by atoms with Crippen LogP contribution in [0.2, 0.25) is 0 Å². The molecule has 0 bridgehead atoms. The van der Waals surface area contributed by atoms with Crippen LogP contribution in [0.15, 0.2) is 42.5 Å². The predicted octanol–water partition coefficient (Wildman–Crippen LogP) is 3.79. The number of carbonyl (C=O) groups excluding carboxylic acids is 2. The molecule has 29 heavy (non-hydrogen) atoms. The maximum atomic E-state index is 12.8. The molecule has 1 fully saturated rings. The first-order chi connectivity index (χ1) is 14.1. The van der Waals surface area contributed by atoms with Crippen molar-refractivity contribution in [2.75, 3.05) is 26.4 Å². The summed E-state index contributed by atoms with van der Waals surface area (Å²) in [6.07, 6.45) is 2.72. The molecule has 152 valence electrons. The van der Waals surface area contributed by atoms with Crippen molar-refractivity contribution in [3.63, 3.8) is 0 Å². The van der Waals surface area contributed by atoms with Crippen molar-refractivity contribution in [2.24, 2.45) is 0 Å². The number of hydrogen-bond donors (Lipinski definition) is 0. The van der Waals surface area contributed by atoms with Gasteiger partial charge in [-0.25, -0.2) is 0 Å². The highest BCUT2D eigenvalue weighted by Gasteiger charge is 2.31. The van der Waals surface area contributed by atoms with E-state index in [1.807, 2.05) is 23.1 Å². The summed E-state index contributed by atoms with van der Waals surface area (Å²) in [6, 6.07) is 12.9. The summed E-state index contributed by atoms with van der Waals surface area (Å²) in [5.74, 6) is 1.94. The molecular weight excluding hydrogens is 370 g/mol. The van der Waals surface area contributed by atoms with Crippen molar-refractivity contribution in [3.8, 4) is 17.2 Å². The van der Waals surface area contributed by atoms with Crippen LogP contribution in [0.1, 0.15) is 48.1 Å². The summed E-state index contributed by atoms with van der Waals surface area (Å²) in [7, 11) is 0. The summed E-state index contributed by atoms with van der Waals surface area (Å²) < 4.78 is 17.2. The summed E-state index contributed by atoms with van der Waals surface area (Å²) in [5, 5.41) is 0. The van der Waals surface area contributed by atoms with Gasteiger partial charge in [0.05, 0.1) is 19.3 Å². The van der Waals surface area contributed by atoms with Crippen molar-refractivity contribution in [1.82, 2.24) is 4.90 Å². The lowest BCUT2D eigenvalue weighted by Crippen LogP contribution is -2.34. The van der Waals surface area contributed by atoms with E-state index < -0.39 is 0 Å². The largest absolute Gasteiger partial charge is 0.490 e. The molecule has 0 saturated carbocycles. The molecule has 6 nitrogen and oxygen atoms in total. The lowest BCUT2D eigenvalue weighted by Gasteiger charge is -2.25. The number of benzene rings is 2. The van der Waals surface area contributed by atoms with Crippen molar-refractivity contribution in [3.05, 3.63) is 53.6 Å². The lowest BCUT2D eigenvalue weighted by molar-refractivity contribution is -0.134. The van der Waals surface area contributed by atoms with Gasteiger partial charge < -0.3 is 19.1 Å². The van der Waals surface area contributed by atoms with E-state index in [0.717, 1.165) is 36.3 Å². The van der Waals surface area contributed by atoms with Gasteiger partial charge in [-0.3, -0.25) is 9.59 Å². The van der Waals surface area contributed by atoms with Gasteiger partial charge >= 0.3 is 0 Å². The van der Waals surface area contributed by atoms with Gasteiger partial charge in [-0.05, 0) is 49.6 Å². The van der Waals surface area contributed by atoms with E-state index in [-0.39, 0.29) is 24.3 Å². The summed E-state index contributed by atoms with van der Waals surface area (Å²) in [4.78, 5) is 26.2. The fourth-order valence-corrected chi connectivity index (χ4v) is 3.83. The predicted molar refractivity (Wildman–Crippen MR) is 108 cm³/mol. The second-order valence-corrected chi connectivity index (χ2v) is 7.37. The smallest absolute Gasteiger partial charge is 0.261 e. The molecule has 1 saturated heterocycles. The average molecular weight is 395 g/mol. The molecule has 0 radical (unpaired) electrons. The third-order valence-electron chi connectivity index (χ3n) is 5.33. The molecule has 2 aromatic carbocycles. The zero-order chi connectivity index (χ0) is 20.2. The SMILES string of the molecule is CC(=O)c1cccc(OCC(=O)N2CCCC2c2ccc3c(c2)OCCCO3)c1. The van der Waals surface area contributed by atoms with Crippen LogP contribution in [0.3, 0.4) is 0 Å². The zero-order valence-electron chi connectivity index (χ0n) is 16.6. The third kappa shape index (κ3) is 4.36. The molecule has 2 aliphatic rings. The molecule has 2 heterocycles. The standard InChI is InChI=1S/C23H25NO5/c1-16(25)17-5-2-6-19(13-17)29-15-23(26)24-10-3-7-20(24)18-8-9-21-22(14-18)28-12-4-11-27-21/h2,5-6,8-9,13-14,20H,3-4,7,10-12,15H2,1H3. The molecule has 1 unspecified atom stereocenters. The third-order valence-corrected chi connectivity index (χ3v) is 5.33. The Kier molecular flexibility index (Phi) is 5.69. The van der Waals surface area contributed by atoms with Crippen LogP contribution in [0.25, 0.3) is 0 Å². The number of ketones is 1. The van der Waals surface area contributed by atoms with Gasteiger partial charge in [-0.1, -0.05) is 18.2 Å². The maximum Gasteiger partial charge on any atom is 0.261 e. The van der Waals surface area contributed by atoms with Crippen LogP contribution in [0.5, 0.6) is 17.2 Å². The van der Waals surface area contributed by atoms with Crippen LogP contribution in [0.4, 0.5) is 0 Å². The Morgan fingerprint density at radius 1 is 1.07 bits per heavy atom. The molecular formula is C23H25NO5. The van der Waals surface area contributed by atoms with Gasteiger partial charge in [0, 0.05) is 18.5 Å². The number of likely N-dealkylation sites (tertiary alicyclic amines) is 1. The first kappa shape index (κ1) is 19.3. The number of Topliss-reactive ketones (excluding diaryl/α,β-unsaturated/α-hetero) is 1. The van der Waals surface area contributed by atoms with Gasteiger partial charge in [-0.15, -0.1) is 0 Å². The molecule has 4 rings (SSSR count). The van der Waals surface area contributed by atoms with Crippen molar-refractivity contribution < 1.29 is 23.8 Å². The highest BCUT2D eigenvalue weighted by Crippen LogP contribution is 2.38. The molecule has 0 aliphatic carbocycles. The second-order valence-electron chi connectivity index (χ2n) is 7.37. The lowest BCUT2D eigenvalue weighted by atomic mass is 10.0. The Morgan fingerprint density at radius 3 is 2.72 bits per heavy atom. The van der Waals surface area contributed by atoms with Crippen molar-refractivity contribution in [1.29, 1.82) is 0 Å². The zero-order valence-corrected chi connectivity index (χ0v) is 16.6. The van der Waals surface area contributed by atoms with Crippen LogP contribution in [0, 0.1) is 0 Å². The average Bonchev–Trinajstić information content (AvgIpc) is 3.11.